The summed E-state index contributed by atoms with van der Waals surface area (Å²) < 4.78 is 72.3. The third kappa shape index (κ3) is 9.93. The van der Waals surface area contributed by atoms with Gasteiger partial charge >= 0.3 is 33.0 Å². The molecule has 0 unspecified atom stereocenters. The number of likely N-dealkylation sites (N-methyl/N-ethyl adjacent to an activating group) is 1. The molecule has 0 atom stereocenters. The molecular formula is C27H31F6N2O3P. The Hall–Kier alpha value is -2.98. The standard InChI is InChI=1S/C27H31N2O3.F6P/c1-28(15-17-31-19-20-32-18-16-30)22-13-11-21(12-14-22)27-23-7-3-5-9-25(23)29(2)26-10-6-4-8-24(26)27;1-7(2,3,4,5)6/h3-14,30H,15-20H2,1-2H3;/q+1;-1. The number of para-hydroxylation sites is 2. The molecular weight excluding hydrogens is 545 g/mol. The number of benzene rings is 3. The van der Waals surface area contributed by atoms with Crippen LogP contribution in [-0.2, 0) is 16.5 Å². The van der Waals surface area contributed by atoms with Crippen LogP contribution >= 0.6 is 7.81 Å². The second kappa shape index (κ2) is 11.6. The zero-order valence-electron chi connectivity index (χ0n) is 21.5. The number of halogens is 6. The van der Waals surface area contributed by atoms with Gasteiger partial charge in [0.1, 0.15) is 7.05 Å². The van der Waals surface area contributed by atoms with E-state index in [1.807, 2.05) is 0 Å². The minimum atomic E-state index is -10.7. The van der Waals surface area contributed by atoms with E-state index >= 15 is 0 Å². The molecule has 0 aliphatic heterocycles. The zero-order valence-corrected chi connectivity index (χ0v) is 22.4. The van der Waals surface area contributed by atoms with Crippen molar-refractivity contribution in [1.29, 1.82) is 0 Å². The van der Waals surface area contributed by atoms with Crippen molar-refractivity contribution in [3.63, 3.8) is 0 Å². The average molecular weight is 577 g/mol. The molecule has 214 valence electrons. The predicted molar refractivity (Wildman–Crippen MR) is 144 cm³/mol. The first-order valence-electron chi connectivity index (χ1n) is 12.1. The van der Waals surface area contributed by atoms with Crippen molar-refractivity contribution in [1.82, 2.24) is 0 Å². The molecule has 0 aliphatic rings. The molecule has 5 nitrogen and oxygen atoms in total. The predicted octanol–water partition coefficient (Wildman–Crippen LogP) is 7.33. The molecule has 0 saturated heterocycles. The summed E-state index contributed by atoms with van der Waals surface area (Å²) in [7, 11) is -6.45. The fraction of sp³-hybridized carbons (Fsp3) is 0.296. The Kier molecular flexibility index (Phi) is 9.12. The monoisotopic (exact) mass is 576 g/mol. The molecule has 4 rings (SSSR count). The number of aryl methyl sites for hydroxylation is 1. The van der Waals surface area contributed by atoms with Gasteiger partial charge in [0.05, 0.1) is 43.8 Å². The van der Waals surface area contributed by atoms with E-state index < -0.39 is 7.81 Å². The SMILES string of the molecule is CN(CCOCCOCCO)c1ccc(-c2c3ccccc3[n+](C)c3ccccc23)cc1.F[P-](F)(F)(F)(F)F. The van der Waals surface area contributed by atoms with E-state index in [0.717, 1.165) is 12.2 Å². The fourth-order valence-electron chi connectivity index (χ4n) is 4.14. The fourth-order valence-corrected chi connectivity index (χ4v) is 4.14. The Morgan fingerprint density at radius 1 is 0.718 bits per heavy atom. The van der Waals surface area contributed by atoms with E-state index in [1.165, 1.54) is 32.9 Å². The molecule has 39 heavy (non-hydrogen) atoms. The summed E-state index contributed by atoms with van der Waals surface area (Å²) in [5.41, 5.74) is 6.09. The molecule has 1 heterocycles. The van der Waals surface area contributed by atoms with Crippen LogP contribution in [0, 0.1) is 0 Å². The summed E-state index contributed by atoms with van der Waals surface area (Å²) in [6.07, 6.45) is 0. The molecule has 0 aliphatic carbocycles. The van der Waals surface area contributed by atoms with Gasteiger partial charge in [-0.3, -0.25) is 0 Å². The van der Waals surface area contributed by atoms with Gasteiger partial charge in [-0.1, -0.05) is 36.4 Å². The average Bonchev–Trinajstić information content (AvgIpc) is 2.87. The molecule has 0 fully saturated rings. The van der Waals surface area contributed by atoms with Crippen molar-refractivity contribution >= 4 is 35.3 Å². The van der Waals surface area contributed by atoms with Gasteiger partial charge in [-0.2, -0.15) is 4.57 Å². The number of nitrogens with zero attached hydrogens (tertiary/aromatic N) is 2. The summed E-state index contributed by atoms with van der Waals surface area (Å²) in [6, 6.07) is 26.0. The number of aromatic nitrogens is 1. The summed E-state index contributed by atoms with van der Waals surface area (Å²) in [5.74, 6) is 0. The Labute approximate surface area is 222 Å². The molecule has 0 saturated carbocycles. The number of pyridine rings is 1. The first kappa shape index (κ1) is 30.6. The van der Waals surface area contributed by atoms with E-state index in [4.69, 9.17) is 14.6 Å². The molecule has 12 heteroatoms. The van der Waals surface area contributed by atoms with Crippen molar-refractivity contribution in [3.8, 4) is 11.1 Å². The second-order valence-electron chi connectivity index (χ2n) is 8.84. The zero-order chi connectivity index (χ0) is 28.7. The van der Waals surface area contributed by atoms with Gasteiger partial charge in [-0.25, -0.2) is 0 Å². The van der Waals surface area contributed by atoms with Crippen molar-refractivity contribution < 1.29 is 44.3 Å². The number of aliphatic hydroxyl groups excluding tert-OH is 1. The summed E-state index contributed by atoms with van der Waals surface area (Å²) in [6.45, 7) is 2.89. The van der Waals surface area contributed by atoms with Gasteiger partial charge in [-0.05, 0) is 29.8 Å². The third-order valence-electron chi connectivity index (χ3n) is 5.84. The summed E-state index contributed by atoms with van der Waals surface area (Å²) in [5, 5.41) is 11.2. The van der Waals surface area contributed by atoms with Gasteiger partial charge < -0.3 is 19.5 Å². The van der Waals surface area contributed by atoms with Crippen LogP contribution in [-0.4, -0.2) is 51.7 Å². The van der Waals surface area contributed by atoms with Crippen LogP contribution in [0.15, 0.2) is 72.8 Å². The number of fused-ring (bicyclic) bond motifs is 2. The van der Waals surface area contributed by atoms with Crippen molar-refractivity contribution in [2.45, 2.75) is 0 Å². The van der Waals surface area contributed by atoms with E-state index in [-0.39, 0.29) is 6.61 Å². The van der Waals surface area contributed by atoms with Gasteiger partial charge in [0, 0.05) is 37.0 Å². The molecule has 3 aromatic carbocycles. The van der Waals surface area contributed by atoms with Crippen LogP contribution in [0.25, 0.3) is 32.9 Å². The van der Waals surface area contributed by atoms with Gasteiger partial charge in [0.15, 0.2) is 0 Å². The second-order valence-corrected chi connectivity index (χ2v) is 10.8. The first-order valence-corrected chi connectivity index (χ1v) is 14.1. The van der Waals surface area contributed by atoms with Crippen LogP contribution in [0.3, 0.4) is 0 Å². The van der Waals surface area contributed by atoms with Gasteiger partial charge in [0.2, 0.25) is 11.0 Å². The van der Waals surface area contributed by atoms with Crippen LogP contribution in [0.5, 0.6) is 0 Å². The van der Waals surface area contributed by atoms with E-state index in [0.29, 0.717) is 26.4 Å². The van der Waals surface area contributed by atoms with Crippen LogP contribution in [0.4, 0.5) is 30.9 Å². The van der Waals surface area contributed by atoms with Gasteiger partial charge in [0.25, 0.3) is 0 Å². The van der Waals surface area contributed by atoms with Crippen LogP contribution < -0.4 is 9.47 Å². The minimum absolute atomic E-state index is 0.0474. The number of aliphatic hydroxyl groups is 1. The Bertz CT molecular complexity index is 1330. The number of anilines is 1. The normalized spacial score (nSPS) is 13.5. The first-order chi connectivity index (χ1) is 18.2. The maximum absolute atomic E-state index is 10.7. The van der Waals surface area contributed by atoms with Crippen LogP contribution in [0.2, 0.25) is 0 Å². The summed E-state index contributed by atoms with van der Waals surface area (Å²) >= 11 is 0. The van der Waals surface area contributed by atoms with E-state index in [1.54, 1.807) is 0 Å². The Balaban J connectivity index is 0.000000532. The number of hydrogen-bond acceptors (Lipinski definition) is 4. The molecule has 0 radical (unpaired) electrons. The Morgan fingerprint density at radius 2 is 1.18 bits per heavy atom. The molecule has 1 aromatic heterocycles. The van der Waals surface area contributed by atoms with Crippen molar-refractivity contribution in [2.75, 3.05) is 51.5 Å². The number of hydrogen-bond donors (Lipinski definition) is 1. The number of ether oxygens (including phenoxy) is 2. The topological polar surface area (TPSA) is 45.8 Å². The molecule has 1 N–H and O–H groups in total. The summed E-state index contributed by atoms with van der Waals surface area (Å²) in [4.78, 5) is 2.19. The molecule has 0 amide bonds. The van der Waals surface area contributed by atoms with E-state index in [9.17, 15) is 25.2 Å². The Morgan fingerprint density at radius 3 is 1.67 bits per heavy atom. The third-order valence-corrected chi connectivity index (χ3v) is 5.84. The quantitative estimate of drug-likeness (QED) is 0.0706. The molecule has 0 bridgehead atoms. The molecule has 4 aromatic rings. The van der Waals surface area contributed by atoms with Gasteiger partial charge in [-0.15, -0.1) is 0 Å². The van der Waals surface area contributed by atoms with Crippen molar-refractivity contribution in [3.05, 3.63) is 72.8 Å². The van der Waals surface area contributed by atoms with Crippen molar-refractivity contribution in [2.24, 2.45) is 7.05 Å². The van der Waals surface area contributed by atoms with Crippen LogP contribution in [0.1, 0.15) is 0 Å². The maximum atomic E-state index is 9.87. The number of rotatable bonds is 10. The van der Waals surface area contributed by atoms with E-state index in [2.05, 4.69) is 96.4 Å². The molecule has 0 spiro atoms.